The number of benzene rings is 1. The van der Waals surface area contributed by atoms with Crippen molar-refractivity contribution >= 4 is 35.0 Å². The third-order valence-electron chi connectivity index (χ3n) is 3.29. The highest BCUT2D eigenvalue weighted by Gasteiger charge is 2.18. The van der Waals surface area contributed by atoms with Crippen molar-refractivity contribution in [1.82, 2.24) is 4.90 Å². The van der Waals surface area contributed by atoms with Crippen LogP contribution in [0.3, 0.4) is 0 Å². The first kappa shape index (κ1) is 15.3. The van der Waals surface area contributed by atoms with Gasteiger partial charge >= 0.3 is 0 Å². The standard InChI is InChI=1S/C15H19ClN2OS/c1-2-18(12-5-3-4-6-12)15(19)10-20-14-9-11(17)7-8-13(14)16/h5,7-9H,2-4,6,10,17H2,1H3. The fraction of sp³-hybridized carbons (Fsp3) is 0.400. The van der Waals surface area contributed by atoms with Crippen molar-refractivity contribution in [3.8, 4) is 0 Å². The first-order valence-corrected chi connectivity index (χ1v) is 8.15. The van der Waals surface area contributed by atoms with Crippen LogP contribution in [0.1, 0.15) is 26.2 Å². The number of carbonyl (C=O) groups excluding carboxylic acids is 1. The number of nitrogens with two attached hydrogens (primary N) is 1. The van der Waals surface area contributed by atoms with Crippen LogP contribution in [0.5, 0.6) is 0 Å². The number of allylic oxidation sites excluding steroid dienone is 2. The molecule has 1 aromatic rings. The summed E-state index contributed by atoms with van der Waals surface area (Å²) in [6, 6.07) is 5.34. The van der Waals surface area contributed by atoms with Gasteiger partial charge in [0.25, 0.3) is 0 Å². The van der Waals surface area contributed by atoms with E-state index in [1.807, 2.05) is 17.9 Å². The molecule has 0 heterocycles. The zero-order valence-corrected chi connectivity index (χ0v) is 13.1. The highest BCUT2D eigenvalue weighted by molar-refractivity contribution is 8.00. The molecule has 2 N–H and O–H groups in total. The van der Waals surface area contributed by atoms with E-state index in [0.717, 1.165) is 36.4 Å². The number of nitrogen functional groups attached to an aromatic ring is 1. The van der Waals surface area contributed by atoms with Crippen molar-refractivity contribution in [3.05, 3.63) is 35.0 Å². The summed E-state index contributed by atoms with van der Waals surface area (Å²) in [6.07, 6.45) is 5.39. The van der Waals surface area contributed by atoms with Crippen molar-refractivity contribution < 1.29 is 4.79 Å². The van der Waals surface area contributed by atoms with E-state index >= 15 is 0 Å². The van der Waals surface area contributed by atoms with Crippen LogP contribution in [0, 0.1) is 0 Å². The van der Waals surface area contributed by atoms with Gasteiger partial charge < -0.3 is 10.6 Å². The molecule has 0 radical (unpaired) electrons. The van der Waals surface area contributed by atoms with E-state index in [1.165, 1.54) is 11.8 Å². The second-order valence-corrected chi connectivity index (χ2v) is 6.13. The minimum Gasteiger partial charge on any atom is -0.399 e. The van der Waals surface area contributed by atoms with Gasteiger partial charge in [0.05, 0.1) is 10.8 Å². The molecule has 2 rings (SSSR count). The number of rotatable bonds is 5. The van der Waals surface area contributed by atoms with E-state index in [9.17, 15) is 4.79 Å². The Bertz CT molecular complexity index is 531. The molecule has 0 aromatic heterocycles. The molecule has 0 unspecified atom stereocenters. The van der Waals surface area contributed by atoms with Crippen molar-refractivity contribution in [2.75, 3.05) is 18.0 Å². The van der Waals surface area contributed by atoms with Gasteiger partial charge in [0, 0.05) is 22.8 Å². The Morgan fingerprint density at radius 3 is 2.95 bits per heavy atom. The van der Waals surface area contributed by atoms with Crippen LogP contribution in [0.4, 0.5) is 5.69 Å². The topological polar surface area (TPSA) is 46.3 Å². The van der Waals surface area contributed by atoms with Crippen LogP contribution < -0.4 is 5.73 Å². The summed E-state index contributed by atoms with van der Waals surface area (Å²) >= 11 is 7.55. The van der Waals surface area contributed by atoms with Gasteiger partial charge in [0.2, 0.25) is 5.91 Å². The van der Waals surface area contributed by atoms with Gasteiger partial charge in [0.15, 0.2) is 0 Å². The third kappa shape index (κ3) is 3.70. The number of nitrogens with zero attached hydrogens (tertiary/aromatic N) is 1. The molecule has 1 aliphatic carbocycles. The number of amides is 1. The fourth-order valence-corrected chi connectivity index (χ4v) is 3.43. The summed E-state index contributed by atoms with van der Waals surface area (Å²) in [5, 5.41) is 0.639. The van der Waals surface area contributed by atoms with E-state index in [0.29, 0.717) is 16.5 Å². The maximum Gasteiger partial charge on any atom is 0.237 e. The molecule has 0 atom stereocenters. The van der Waals surface area contributed by atoms with Gasteiger partial charge in [-0.05, 0) is 44.4 Å². The van der Waals surface area contributed by atoms with Crippen LogP contribution >= 0.6 is 23.4 Å². The largest absolute Gasteiger partial charge is 0.399 e. The van der Waals surface area contributed by atoms with Crippen LogP contribution in [0.25, 0.3) is 0 Å². The van der Waals surface area contributed by atoms with Gasteiger partial charge in [-0.3, -0.25) is 4.79 Å². The van der Waals surface area contributed by atoms with E-state index in [2.05, 4.69) is 6.08 Å². The van der Waals surface area contributed by atoms with Crippen molar-refractivity contribution in [1.29, 1.82) is 0 Å². The Balaban J connectivity index is 1.98. The Kier molecular flexibility index (Phi) is 5.38. The van der Waals surface area contributed by atoms with E-state index in [-0.39, 0.29) is 5.91 Å². The van der Waals surface area contributed by atoms with Crippen LogP contribution in [0.15, 0.2) is 34.9 Å². The monoisotopic (exact) mass is 310 g/mol. The van der Waals surface area contributed by atoms with E-state index < -0.39 is 0 Å². The van der Waals surface area contributed by atoms with E-state index in [1.54, 1.807) is 12.1 Å². The molecule has 108 valence electrons. The molecule has 5 heteroatoms. The lowest BCUT2D eigenvalue weighted by atomic mass is 10.3. The molecule has 20 heavy (non-hydrogen) atoms. The van der Waals surface area contributed by atoms with Crippen molar-refractivity contribution in [2.24, 2.45) is 0 Å². The molecule has 0 saturated heterocycles. The quantitative estimate of drug-likeness (QED) is 0.662. The minimum absolute atomic E-state index is 0.129. The summed E-state index contributed by atoms with van der Waals surface area (Å²) in [5.74, 6) is 0.512. The van der Waals surface area contributed by atoms with Gasteiger partial charge in [-0.15, -0.1) is 11.8 Å². The zero-order chi connectivity index (χ0) is 14.5. The smallest absolute Gasteiger partial charge is 0.237 e. The van der Waals surface area contributed by atoms with Gasteiger partial charge in [-0.2, -0.15) is 0 Å². The molecule has 3 nitrogen and oxygen atoms in total. The lowest BCUT2D eigenvalue weighted by molar-refractivity contribution is -0.126. The Morgan fingerprint density at radius 2 is 2.30 bits per heavy atom. The second-order valence-electron chi connectivity index (χ2n) is 4.70. The zero-order valence-electron chi connectivity index (χ0n) is 11.6. The number of carbonyl (C=O) groups is 1. The first-order chi connectivity index (χ1) is 9.61. The van der Waals surface area contributed by atoms with Gasteiger partial charge in [-0.25, -0.2) is 0 Å². The molecule has 1 amide bonds. The molecular weight excluding hydrogens is 292 g/mol. The molecule has 1 aromatic carbocycles. The Hall–Kier alpha value is -1.13. The molecule has 0 bridgehead atoms. The maximum atomic E-state index is 12.3. The summed E-state index contributed by atoms with van der Waals surface area (Å²) in [6.45, 7) is 2.73. The Morgan fingerprint density at radius 1 is 1.50 bits per heavy atom. The Labute approximate surface area is 129 Å². The number of thioether (sulfide) groups is 1. The lowest BCUT2D eigenvalue weighted by Crippen LogP contribution is -2.31. The van der Waals surface area contributed by atoms with Crippen LogP contribution in [0.2, 0.25) is 5.02 Å². The SMILES string of the molecule is CCN(C(=O)CSc1cc(N)ccc1Cl)C1=CCCC1. The third-order valence-corrected chi connectivity index (χ3v) is 4.77. The predicted molar refractivity (Wildman–Crippen MR) is 85.9 cm³/mol. The lowest BCUT2D eigenvalue weighted by Gasteiger charge is -2.22. The summed E-state index contributed by atoms with van der Waals surface area (Å²) in [7, 11) is 0. The fourth-order valence-electron chi connectivity index (χ4n) is 2.29. The predicted octanol–water partition coefficient (Wildman–Crippen LogP) is 3.93. The summed E-state index contributed by atoms with van der Waals surface area (Å²) < 4.78 is 0. The van der Waals surface area contributed by atoms with Crippen LogP contribution in [-0.2, 0) is 4.79 Å². The summed E-state index contributed by atoms with van der Waals surface area (Å²) in [4.78, 5) is 15.1. The minimum atomic E-state index is 0.129. The normalized spacial score (nSPS) is 14.2. The first-order valence-electron chi connectivity index (χ1n) is 6.79. The van der Waals surface area contributed by atoms with Gasteiger partial charge in [0.1, 0.15) is 0 Å². The average molecular weight is 311 g/mol. The van der Waals surface area contributed by atoms with Gasteiger partial charge in [-0.1, -0.05) is 17.7 Å². The van der Waals surface area contributed by atoms with Crippen molar-refractivity contribution in [2.45, 2.75) is 31.1 Å². The molecule has 1 aliphatic rings. The van der Waals surface area contributed by atoms with Crippen LogP contribution in [-0.4, -0.2) is 23.1 Å². The van der Waals surface area contributed by atoms with E-state index in [4.69, 9.17) is 17.3 Å². The highest BCUT2D eigenvalue weighted by Crippen LogP contribution is 2.30. The number of hydrogen-bond acceptors (Lipinski definition) is 3. The second kappa shape index (κ2) is 7.04. The number of hydrogen-bond donors (Lipinski definition) is 1. The average Bonchev–Trinajstić information content (AvgIpc) is 2.94. The summed E-state index contributed by atoms with van der Waals surface area (Å²) in [5.41, 5.74) is 7.57. The van der Waals surface area contributed by atoms with Crippen molar-refractivity contribution in [3.63, 3.8) is 0 Å². The number of halogens is 1. The maximum absolute atomic E-state index is 12.3. The molecule has 0 fully saturated rings. The molecule has 0 spiro atoms. The number of anilines is 1. The molecular formula is C15H19ClN2OS. The molecule has 0 saturated carbocycles. The molecule has 0 aliphatic heterocycles. The highest BCUT2D eigenvalue weighted by atomic mass is 35.5.